The van der Waals surface area contributed by atoms with Gasteiger partial charge in [-0.2, -0.15) is 0 Å². The summed E-state index contributed by atoms with van der Waals surface area (Å²) in [5.74, 6) is -0.227. The summed E-state index contributed by atoms with van der Waals surface area (Å²) in [5.41, 5.74) is 7.11. The van der Waals surface area contributed by atoms with Gasteiger partial charge in [0.1, 0.15) is 11.3 Å². The first-order valence-corrected chi connectivity index (χ1v) is 14.2. The number of carbonyl (C=O) groups excluding carboxylic acids is 1. The second-order valence-electron chi connectivity index (χ2n) is 9.58. The zero-order chi connectivity index (χ0) is 27.1. The number of imidazole rings is 1. The van der Waals surface area contributed by atoms with E-state index in [2.05, 4.69) is 21.4 Å². The van der Waals surface area contributed by atoms with E-state index < -0.39 is 0 Å². The van der Waals surface area contributed by atoms with Crippen LogP contribution in [0.3, 0.4) is 0 Å². The second-order valence-corrected chi connectivity index (χ2v) is 11.3. The average Bonchev–Trinajstić information content (AvgIpc) is 3.31. The van der Waals surface area contributed by atoms with Gasteiger partial charge in [-0.15, -0.1) is 0 Å². The zero-order valence-corrected chi connectivity index (χ0v) is 23.8. The lowest BCUT2D eigenvalue weighted by atomic mass is 9.97. The number of benzene rings is 3. The van der Waals surface area contributed by atoms with Crippen LogP contribution in [0.15, 0.2) is 72.9 Å². The minimum Gasteiger partial charge on any atom is -0.379 e. The molecule has 0 radical (unpaired) electrons. The predicted octanol–water partition coefficient (Wildman–Crippen LogP) is 9.22. The van der Waals surface area contributed by atoms with Crippen molar-refractivity contribution < 1.29 is 4.79 Å². The van der Waals surface area contributed by atoms with Gasteiger partial charge in [0.15, 0.2) is 0 Å². The van der Waals surface area contributed by atoms with Crippen LogP contribution in [0.2, 0.25) is 20.1 Å². The molecule has 2 N–H and O–H groups in total. The largest absolute Gasteiger partial charge is 0.379 e. The Morgan fingerprint density at radius 3 is 2.44 bits per heavy atom. The molecule has 2 aromatic heterocycles. The Morgan fingerprint density at radius 2 is 1.67 bits per heavy atom. The zero-order valence-electron chi connectivity index (χ0n) is 20.8. The summed E-state index contributed by atoms with van der Waals surface area (Å²) in [4.78, 5) is 14.0. The standard InChI is InChI=1S/C30H24Cl4N4O/c31-19-8-10-21(11-9-19)35-16-23-17-38-28(29(39)36-22-5-3-4-20(32)15-22)27(18-7-12-25(33)26(34)14-18)24-6-1-2-13-37(23)30(24)38/h3-5,7-12,14-15,17,35H,1-2,6,13,16H2,(H,36,39). The highest BCUT2D eigenvalue weighted by atomic mass is 35.5. The first-order chi connectivity index (χ1) is 18.9. The topological polar surface area (TPSA) is 50.5 Å². The molecule has 0 saturated carbocycles. The molecule has 3 aromatic carbocycles. The molecular formula is C30H24Cl4N4O. The van der Waals surface area contributed by atoms with E-state index in [1.165, 1.54) is 0 Å². The fraction of sp³-hybridized carbons (Fsp3) is 0.167. The number of hydrogen-bond acceptors (Lipinski definition) is 2. The predicted molar refractivity (Wildman–Crippen MR) is 162 cm³/mol. The van der Waals surface area contributed by atoms with Crippen LogP contribution in [0.25, 0.3) is 16.8 Å². The summed E-state index contributed by atoms with van der Waals surface area (Å²) >= 11 is 25.0. The van der Waals surface area contributed by atoms with Gasteiger partial charge < -0.3 is 15.2 Å². The Bertz CT molecular complexity index is 1700. The van der Waals surface area contributed by atoms with Crippen molar-refractivity contribution in [1.29, 1.82) is 0 Å². The van der Waals surface area contributed by atoms with E-state index in [0.717, 1.165) is 59.5 Å². The molecule has 0 aliphatic carbocycles. The van der Waals surface area contributed by atoms with Crippen molar-refractivity contribution in [3.63, 3.8) is 0 Å². The highest BCUT2D eigenvalue weighted by Crippen LogP contribution is 2.40. The first-order valence-electron chi connectivity index (χ1n) is 12.7. The molecule has 0 bridgehead atoms. The minimum absolute atomic E-state index is 0.227. The lowest BCUT2D eigenvalue weighted by molar-refractivity contribution is 0.102. The molecule has 1 aliphatic rings. The summed E-state index contributed by atoms with van der Waals surface area (Å²) < 4.78 is 4.35. The SMILES string of the molecule is O=C(Nc1cccc(Cl)c1)c1c(-c2ccc(Cl)c(Cl)c2)c2c3n(c(CNc4ccc(Cl)cc4)cn13)CCCC2. The van der Waals surface area contributed by atoms with Crippen LogP contribution in [-0.4, -0.2) is 14.9 Å². The number of amides is 1. The quantitative estimate of drug-likeness (QED) is 0.205. The minimum atomic E-state index is -0.227. The summed E-state index contributed by atoms with van der Waals surface area (Å²) in [6, 6.07) is 20.3. The molecule has 1 aliphatic heterocycles. The average molecular weight is 598 g/mol. The van der Waals surface area contributed by atoms with E-state index in [1.807, 2.05) is 52.9 Å². The van der Waals surface area contributed by atoms with Crippen molar-refractivity contribution in [3.8, 4) is 11.1 Å². The van der Waals surface area contributed by atoms with E-state index in [4.69, 9.17) is 46.4 Å². The van der Waals surface area contributed by atoms with E-state index >= 15 is 0 Å². The highest BCUT2D eigenvalue weighted by molar-refractivity contribution is 6.42. The third-order valence-corrected chi connectivity index (χ3v) is 8.27. The van der Waals surface area contributed by atoms with Crippen LogP contribution in [0.1, 0.15) is 34.6 Å². The molecule has 1 amide bonds. The number of anilines is 2. The van der Waals surface area contributed by atoms with Crippen LogP contribution in [0.5, 0.6) is 0 Å². The number of aryl methyl sites for hydroxylation is 2. The third-order valence-electron chi connectivity index (χ3n) is 7.04. The molecule has 3 heterocycles. The van der Waals surface area contributed by atoms with Crippen LogP contribution >= 0.6 is 46.4 Å². The monoisotopic (exact) mass is 596 g/mol. The van der Waals surface area contributed by atoms with Crippen LogP contribution < -0.4 is 10.6 Å². The summed E-state index contributed by atoms with van der Waals surface area (Å²) in [7, 11) is 0. The second kappa shape index (κ2) is 10.8. The number of nitrogens with one attached hydrogen (secondary N) is 2. The van der Waals surface area contributed by atoms with Gasteiger partial charge >= 0.3 is 0 Å². The molecule has 0 fully saturated rings. The molecule has 6 rings (SSSR count). The number of rotatable bonds is 6. The molecule has 0 spiro atoms. The summed E-state index contributed by atoms with van der Waals surface area (Å²) in [6.45, 7) is 1.46. The van der Waals surface area contributed by atoms with Crippen molar-refractivity contribution in [1.82, 2.24) is 8.97 Å². The van der Waals surface area contributed by atoms with Gasteiger partial charge in [0.2, 0.25) is 0 Å². The third kappa shape index (κ3) is 5.12. The van der Waals surface area contributed by atoms with Gasteiger partial charge in [-0.3, -0.25) is 9.20 Å². The fourth-order valence-corrected chi connectivity index (χ4v) is 5.92. The van der Waals surface area contributed by atoms with Gasteiger partial charge in [-0.1, -0.05) is 58.5 Å². The Balaban J connectivity index is 1.50. The molecule has 5 aromatic rings. The Morgan fingerprint density at radius 1 is 0.846 bits per heavy atom. The Labute approximate surface area is 246 Å². The number of nitrogens with zero attached hydrogens (tertiary/aromatic N) is 2. The molecule has 0 saturated heterocycles. The molecule has 39 heavy (non-hydrogen) atoms. The van der Waals surface area contributed by atoms with Gasteiger partial charge in [-0.05, 0) is 79.4 Å². The van der Waals surface area contributed by atoms with Crippen LogP contribution in [-0.2, 0) is 19.5 Å². The fourth-order valence-electron chi connectivity index (χ4n) is 5.30. The van der Waals surface area contributed by atoms with Crippen LogP contribution in [0, 0.1) is 0 Å². The van der Waals surface area contributed by atoms with Gasteiger partial charge in [0.25, 0.3) is 5.91 Å². The Kier molecular flexibility index (Phi) is 7.25. The highest BCUT2D eigenvalue weighted by Gasteiger charge is 2.29. The van der Waals surface area contributed by atoms with Gasteiger partial charge in [0, 0.05) is 45.3 Å². The Hall–Kier alpha value is -3.09. The smallest absolute Gasteiger partial charge is 0.273 e. The van der Waals surface area contributed by atoms with E-state index in [1.54, 1.807) is 18.2 Å². The van der Waals surface area contributed by atoms with E-state index in [9.17, 15) is 4.79 Å². The maximum atomic E-state index is 14.0. The molecule has 0 atom stereocenters. The number of hydrogen-bond donors (Lipinski definition) is 2. The molecular weight excluding hydrogens is 574 g/mol. The molecule has 9 heteroatoms. The molecule has 198 valence electrons. The van der Waals surface area contributed by atoms with Crippen LogP contribution in [0.4, 0.5) is 11.4 Å². The number of halogens is 4. The van der Waals surface area contributed by atoms with E-state index in [-0.39, 0.29) is 5.91 Å². The normalized spacial score (nSPS) is 12.9. The van der Waals surface area contributed by atoms with Gasteiger partial charge in [-0.25, -0.2) is 0 Å². The molecule has 5 nitrogen and oxygen atoms in total. The van der Waals surface area contributed by atoms with Crippen molar-refractivity contribution in [3.05, 3.63) is 110 Å². The summed E-state index contributed by atoms with van der Waals surface area (Å²) in [6.07, 6.45) is 4.95. The molecule has 0 unspecified atom stereocenters. The lowest BCUT2D eigenvalue weighted by Gasteiger charge is -2.12. The lowest BCUT2D eigenvalue weighted by Crippen LogP contribution is -2.15. The van der Waals surface area contributed by atoms with E-state index in [0.29, 0.717) is 38.0 Å². The number of carbonyl (C=O) groups is 1. The van der Waals surface area contributed by atoms with Crippen molar-refractivity contribution >= 4 is 69.3 Å². The summed E-state index contributed by atoms with van der Waals surface area (Å²) in [5, 5.41) is 8.71. The van der Waals surface area contributed by atoms with Crippen molar-refractivity contribution in [2.75, 3.05) is 10.6 Å². The number of aromatic nitrogens is 2. The van der Waals surface area contributed by atoms with Gasteiger partial charge in [0.05, 0.1) is 22.3 Å². The van der Waals surface area contributed by atoms with Crippen molar-refractivity contribution in [2.24, 2.45) is 0 Å². The van der Waals surface area contributed by atoms with Crippen molar-refractivity contribution in [2.45, 2.75) is 32.4 Å². The maximum absolute atomic E-state index is 14.0. The maximum Gasteiger partial charge on any atom is 0.273 e. The first kappa shape index (κ1) is 26.1.